The summed E-state index contributed by atoms with van der Waals surface area (Å²) in [6.45, 7) is 10.2. The number of carbonyl (C=O) groups excluding carboxylic acids is 1. The first-order valence-corrected chi connectivity index (χ1v) is 13.8. The predicted octanol–water partition coefficient (Wildman–Crippen LogP) is 6.97. The largest absolute Gasteiger partial charge is 0.489 e. The van der Waals surface area contributed by atoms with E-state index in [1.807, 2.05) is 58.9 Å². The zero-order valence-corrected chi connectivity index (χ0v) is 24.5. The van der Waals surface area contributed by atoms with Gasteiger partial charge in [-0.3, -0.25) is 9.69 Å². The lowest BCUT2D eigenvalue weighted by Crippen LogP contribution is -2.56. The van der Waals surface area contributed by atoms with Crippen LogP contribution >= 0.6 is 11.6 Å². The van der Waals surface area contributed by atoms with Gasteiger partial charge >= 0.3 is 12.1 Å². The van der Waals surface area contributed by atoms with Crippen LogP contribution in [0.5, 0.6) is 5.75 Å². The molecule has 2 heterocycles. The molecule has 0 fully saturated rings. The highest BCUT2D eigenvalue weighted by Gasteiger charge is 2.52. The Morgan fingerprint density at radius 2 is 1.90 bits per heavy atom. The number of methoxy groups -OCH3 is 1. The number of carbonyl (C=O) groups is 2. The average Bonchev–Trinajstić information content (AvgIpc) is 3.31. The monoisotopic (exact) mass is 569 g/mol. The molecule has 10 heteroatoms. The van der Waals surface area contributed by atoms with Crippen LogP contribution in [0.2, 0.25) is 5.02 Å². The molecule has 1 unspecified atom stereocenters. The summed E-state index contributed by atoms with van der Waals surface area (Å²) in [5.74, 6) is 0.934. The van der Waals surface area contributed by atoms with Crippen molar-refractivity contribution in [3.63, 3.8) is 0 Å². The quantitative estimate of drug-likeness (QED) is 0.303. The molecule has 1 amide bonds. The highest BCUT2D eigenvalue weighted by atomic mass is 35.5. The number of esters is 1. The van der Waals surface area contributed by atoms with E-state index in [1.54, 1.807) is 12.1 Å². The Morgan fingerprint density at radius 3 is 2.52 bits per heavy atom. The molecular weight excluding hydrogens is 534 g/mol. The zero-order chi connectivity index (χ0) is 29.2. The van der Waals surface area contributed by atoms with E-state index in [9.17, 15) is 14.7 Å². The van der Waals surface area contributed by atoms with Crippen molar-refractivity contribution in [1.82, 2.24) is 15.0 Å². The van der Waals surface area contributed by atoms with Gasteiger partial charge in [0.2, 0.25) is 5.82 Å². The Labute approximate surface area is 239 Å². The van der Waals surface area contributed by atoms with Crippen molar-refractivity contribution in [2.24, 2.45) is 5.41 Å². The lowest BCUT2D eigenvalue weighted by Gasteiger charge is -2.51. The van der Waals surface area contributed by atoms with Gasteiger partial charge in [0, 0.05) is 24.1 Å². The van der Waals surface area contributed by atoms with Crippen LogP contribution in [0.4, 0.5) is 4.79 Å². The number of fused-ring (bicyclic) bond motifs is 1. The van der Waals surface area contributed by atoms with Gasteiger partial charge in [0.05, 0.1) is 23.8 Å². The van der Waals surface area contributed by atoms with Crippen LogP contribution in [0.25, 0.3) is 22.8 Å². The number of halogens is 1. The summed E-state index contributed by atoms with van der Waals surface area (Å²) in [7, 11) is 1.34. The third-order valence-corrected chi connectivity index (χ3v) is 7.75. The Morgan fingerprint density at radius 1 is 1.18 bits per heavy atom. The molecule has 0 bridgehead atoms. The van der Waals surface area contributed by atoms with Crippen molar-refractivity contribution < 1.29 is 28.7 Å². The fraction of sp³-hybridized carbons (Fsp3) is 0.467. The summed E-state index contributed by atoms with van der Waals surface area (Å²) in [5.41, 5.74) is 1.82. The number of hydrogen-bond donors (Lipinski definition) is 1. The third kappa shape index (κ3) is 5.66. The maximum atomic E-state index is 12.6. The molecule has 1 aliphatic heterocycles. The van der Waals surface area contributed by atoms with Crippen LogP contribution in [-0.2, 0) is 21.5 Å². The molecule has 0 aliphatic carbocycles. The Balaban J connectivity index is 1.75. The number of ether oxygens (including phenoxy) is 2. The summed E-state index contributed by atoms with van der Waals surface area (Å²) in [6, 6.07) is 11.1. The molecule has 0 radical (unpaired) electrons. The van der Waals surface area contributed by atoms with Crippen molar-refractivity contribution in [3.05, 3.63) is 52.5 Å². The number of aromatic nitrogens is 2. The number of rotatable bonds is 7. The molecule has 9 nitrogen and oxygen atoms in total. The first-order chi connectivity index (χ1) is 18.9. The molecule has 1 aromatic heterocycles. The van der Waals surface area contributed by atoms with Crippen molar-refractivity contribution >= 4 is 23.7 Å². The molecule has 0 spiro atoms. The Bertz CT molecular complexity index is 1400. The minimum Gasteiger partial charge on any atom is -0.489 e. The summed E-state index contributed by atoms with van der Waals surface area (Å²) >= 11 is 6.40. The van der Waals surface area contributed by atoms with Gasteiger partial charge in [0.25, 0.3) is 5.89 Å². The van der Waals surface area contributed by atoms with Gasteiger partial charge in [0.15, 0.2) is 0 Å². The number of benzene rings is 2. The van der Waals surface area contributed by atoms with Crippen molar-refractivity contribution in [3.8, 4) is 28.6 Å². The number of amides is 1. The van der Waals surface area contributed by atoms with Gasteiger partial charge in [-0.25, -0.2) is 4.79 Å². The van der Waals surface area contributed by atoms with Crippen molar-refractivity contribution in [1.29, 1.82) is 0 Å². The van der Waals surface area contributed by atoms with E-state index in [1.165, 1.54) is 12.0 Å². The van der Waals surface area contributed by atoms with Crippen molar-refractivity contribution in [2.75, 3.05) is 13.7 Å². The lowest BCUT2D eigenvalue weighted by atomic mass is 9.65. The zero-order valence-electron chi connectivity index (χ0n) is 23.8. The summed E-state index contributed by atoms with van der Waals surface area (Å²) in [6.07, 6.45) is 0.678. The van der Waals surface area contributed by atoms with Gasteiger partial charge in [-0.05, 0) is 73.9 Å². The van der Waals surface area contributed by atoms with Crippen LogP contribution in [-0.4, -0.2) is 52.0 Å². The molecule has 4 rings (SSSR count). The summed E-state index contributed by atoms with van der Waals surface area (Å²) in [4.78, 5) is 30.9. The minimum atomic E-state index is -1.01. The molecule has 1 aliphatic rings. The fourth-order valence-electron chi connectivity index (χ4n) is 5.65. The van der Waals surface area contributed by atoms with Crippen molar-refractivity contribution in [2.45, 2.75) is 71.9 Å². The van der Waals surface area contributed by atoms with E-state index in [2.05, 4.69) is 10.1 Å². The molecule has 3 aromatic rings. The number of hydrogen-bond acceptors (Lipinski definition) is 7. The summed E-state index contributed by atoms with van der Waals surface area (Å²) in [5, 5.41) is 15.0. The van der Waals surface area contributed by atoms with Crippen LogP contribution in [0.1, 0.15) is 65.0 Å². The molecule has 0 saturated carbocycles. The second-order valence-electron chi connectivity index (χ2n) is 11.3. The Kier molecular flexibility index (Phi) is 8.44. The van der Waals surface area contributed by atoms with Gasteiger partial charge in [-0.1, -0.05) is 49.7 Å². The van der Waals surface area contributed by atoms with E-state index < -0.39 is 17.0 Å². The lowest BCUT2D eigenvalue weighted by molar-refractivity contribution is -0.142. The number of carboxylic acid groups (broad SMARTS) is 1. The van der Waals surface area contributed by atoms with Crippen LogP contribution in [0.15, 0.2) is 40.9 Å². The summed E-state index contributed by atoms with van der Waals surface area (Å²) < 4.78 is 16.2. The smallest absolute Gasteiger partial charge is 0.408 e. The van der Waals surface area contributed by atoms with Crippen LogP contribution in [0.3, 0.4) is 0 Å². The average molecular weight is 570 g/mol. The second-order valence-corrected chi connectivity index (χ2v) is 11.7. The van der Waals surface area contributed by atoms with E-state index in [0.717, 1.165) is 16.7 Å². The highest BCUT2D eigenvalue weighted by molar-refractivity contribution is 6.32. The molecular formula is C30H36ClN3O6. The van der Waals surface area contributed by atoms with Gasteiger partial charge in [-0.2, -0.15) is 4.98 Å². The normalized spacial score (nSPS) is 17.4. The van der Waals surface area contributed by atoms with E-state index in [-0.39, 0.29) is 18.5 Å². The van der Waals surface area contributed by atoms with Gasteiger partial charge in [0.1, 0.15) is 5.75 Å². The molecule has 1 N–H and O–H groups in total. The van der Waals surface area contributed by atoms with Gasteiger partial charge < -0.3 is 19.1 Å². The number of nitrogens with zero attached hydrogens (tertiary/aromatic N) is 3. The first kappa shape index (κ1) is 29.4. The minimum absolute atomic E-state index is 0.00775. The third-order valence-electron chi connectivity index (χ3n) is 7.46. The fourth-order valence-corrected chi connectivity index (χ4v) is 5.87. The molecule has 214 valence electrons. The standard InChI is InChI=1S/C30H36ClN3O6/c1-18(2)39-24-12-10-21(17-23(24)31)27-32-26(33-40-27)20-9-11-22-19(16-20)8-7-15-34(28(36)37)30(22,29(3,4)5)14-13-25(35)38-6/h9-12,16-18H,7-8,13-15H2,1-6H3,(H,36,37). The molecule has 1 atom stereocenters. The second kappa shape index (κ2) is 11.5. The molecule has 40 heavy (non-hydrogen) atoms. The van der Waals surface area contributed by atoms with E-state index in [0.29, 0.717) is 53.9 Å². The molecule has 0 saturated heterocycles. The van der Waals surface area contributed by atoms with Crippen LogP contribution < -0.4 is 4.74 Å². The predicted molar refractivity (Wildman–Crippen MR) is 151 cm³/mol. The SMILES string of the molecule is COC(=O)CCC1(C(C)(C)C)c2ccc(-c3noc(-c4ccc(OC(C)C)c(Cl)c4)n3)cc2CCCN1C(=O)O. The van der Waals surface area contributed by atoms with Gasteiger partial charge in [-0.15, -0.1) is 0 Å². The van der Waals surface area contributed by atoms with E-state index >= 15 is 0 Å². The first-order valence-electron chi connectivity index (χ1n) is 13.4. The maximum Gasteiger partial charge on any atom is 0.408 e. The highest BCUT2D eigenvalue weighted by Crippen LogP contribution is 2.51. The Hall–Kier alpha value is -3.59. The topological polar surface area (TPSA) is 115 Å². The molecule has 2 aromatic carbocycles. The number of aryl methyl sites for hydroxylation is 1. The van der Waals surface area contributed by atoms with E-state index in [4.69, 9.17) is 25.6 Å². The maximum absolute atomic E-state index is 12.6. The van der Waals surface area contributed by atoms with Crippen LogP contribution in [0, 0.1) is 5.41 Å².